The first kappa shape index (κ1) is 12.7. The lowest BCUT2D eigenvalue weighted by molar-refractivity contribution is 0.0943. The van der Waals surface area contributed by atoms with E-state index in [2.05, 4.69) is 10.3 Å². The Morgan fingerprint density at radius 3 is 2.61 bits per heavy atom. The van der Waals surface area contributed by atoms with Crippen LogP contribution in [0.5, 0.6) is 0 Å². The molecule has 2 rings (SSSR count). The van der Waals surface area contributed by atoms with E-state index in [1.54, 1.807) is 24.6 Å². The fraction of sp³-hybridized carbons (Fsp3) is 0.231. The molecule has 1 unspecified atom stereocenters. The van der Waals surface area contributed by atoms with Gasteiger partial charge in [0.1, 0.15) is 10.7 Å². The number of rotatable bonds is 3. The number of nitrogens with one attached hydrogen (secondary N) is 1. The van der Waals surface area contributed by atoms with Crippen LogP contribution in [0.4, 0.5) is 4.39 Å². The molecule has 18 heavy (non-hydrogen) atoms. The quantitative estimate of drug-likeness (QED) is 0.925. The number of carbonyl (C=O) groups is 1. The molecular formula is C13H13FN2OS. The smallest absolute Gasteiger partial charge is 0.263 e. The SMILES string of the molecule is Cc1ncsc1C(=O)NC(C)c1ccc(F)cc1. The van der Waals surface area contributed by atoms with E-state index in [0.29, 0.717) is 4.88 Å². The Labute approximate surface area is 109 Å². The van der Waals surface area contributed by atoms with Crippen LogP contribution < -0.4 is 5.32 Å². The fourth-order valence-corrected chi connectivity index (χ4v) is 2.32. The third kappa shape index (κ3) is 2.73. The molecule has 0 spiro atoms. The number of benzene rings is 1. The molecular weight excluding hydrogens is 251 g/mol. The van der Waals surface area contributed by atoms with Crippen LogP contribution in [0.3, 0.4) is 0 Å². The summed E-state index contributed by atoms with van der Waals surface area (Å²) in [6, 6.07) is 5.94. The standard InChI is InChI=1S/C13H13FN2OS/c1-8(10-3-5-11(14)6-4-10)16-13(17)12-9(2)15-7-18-12/h3-8H,1-2H3,(H,16,17). The minimum atomic E-state index is -0.282. The summed E-state index contributed by atoms with van der Waals surface area (Å²) in [6.45, 7) is 3.66. The van der Waals surface area contributed by atoms with Crippen molar-refractivity contribution in [2.24, 2.45) is 0 Å². The Bertz CT molecular complexity index is 550. The molecule has 0 saturated heterocycles. The van der Waals surface area contributed by atoms with Crippen molar-refractivity contribution < 1.29 is 9.18 Å². The summed E-state index contributed by atoms with van der Waals surface area (Å²) in [6.07, 6.45) is 0. The second-order valence-electron chi connectivity index (χ2n) is 4.01. The number of halogens is 1. The summed E-state index contributed by atoms with van der Waals surface area (Å²) in [4.78, 5) is 16.6. The average Bonchev–Trinajstić information content (AvgIpc) is 2.76. The monoisotopic (exact) mass is 264 g/mol. The molecule has 1 aromatic heterocycles. The number of thiazole rings is 1. The number of amides is 1. The highest BCUT2D eigenvalue weighted by atomic mass is 32.1. The molecule has 94 valence electrons. The minimum absolute atomic E-state index is 0.146. The molecule has 5 heteroatoms. The van der Waals surface area contributed by atoms with Gasteiger partial charge in [-0.15, -0.1) is 11.3 Å². The van der Waals surface area contributed by atoms with Gasteiger partial charge in [-0.25, -0.2) is 9.37 Å². The van der Waals surface area contributed by atoms with Crippen molar-refractivity contribution in [1.82, 2.24) is 10.3 Å². The highest BCUT2D eigenvalue weighted by Gasteiger charge is 2.15. The zero-order chi connectivity index (χ0) is 13.1. The molecule has 0 aliphatic rings. The Balaban J connectivity index is 2.08. The van der Waals surface area contributed by atoms with Crippen LogP contribution in [0.2, 0.25) is 0 Å². The number of carbonyl (C=O) groups excluding carboxylic acids is 1. The Morgan fingerprint density at radius 2 is 2.06 bits per heavy atom. The fourth-order valence-electron chi connectivity index (χ4n) is 1.62. The zero-order valence-electron chi connectivity index (χ0n) is 10.1. The van der Waals surface area contributed by atoms with E-state index in [-0.39, 0.29) is 17.8 Å². The van der Waals surface area contributed by atoms with Crippen LogP contribution in [0.25, 0.3) is 0 Å². The molecule has 0 fully saturated rings. The van der Waals surface area contributed by atoms with Gasteiger partial charge in [0.15, 0.2) is 0 Å². The lowest BCUT2D eigenvalue weighted by Gasteiger charge is -2.13. The predicted octanol–water partition coefficient (Wildman–Crippen LogP) is 3.08. The van der Waals surface area contributed by atoms with Crippen LogP contribution in [-0.2, 0) is 0 Å². The van der Waals surface area contributed by atoms with Gasteiger partial charge in [0.2, 0.25) is 0 Å². The third-order valence-corrected chi connectivity index (χ3v) is 3.60. The van der Waals surface area contributed by atoms with Crippen LogP contribution >= 0.6 is 11.3 Å². The van der Waals surface area contributed by atoms with Gasteiger partial charge in [-0.2, -0.15) is 0 Å². The van der Waals surface area contributed by atoms with Gasteiger partial charge >= 0.3 is 0 Å². The van der Waals surface area contributed by atoms with E-state index in [4.69, 9.17) is 0 Å². The van der Waals surface area contributed by atoms with E-state index in [0.717, 1.165) is 11.3 Å². The van der Waals surface area contributed by atoms with Gasteiger partial charge in [-0.05, 0) is 31.5 Å². The van der Waals surface area contributed by atoms with Crippen molar-refractivity contribution in [2.45, 2.75) is 19.9 Å². The van der Waals surface area contributed by atoms with E-state index in [9.17, 15) is 9.18 Å². The molecule has 1 heterocycles. The van der Waals surface area contributed by atoms with Gasteiger partial charge in [-0.3, -0.25) is 4.79 Å². The lowest BCUT2D eigenvalue weighted by atomic mass is 10.1. The van der Waals surface area contributed by atoms with Crippen LogP contribution in [0, 0.1) is 12.7 Å². The van der Waals surface area contributed by atoms with E-state index in [1.165, 1.54) is 23.5 Å². The molecule has 0 aliphatic carbocycles. The maximum Gasteiger partial charge on any atom is 0.263 e. The van der Waals surface area contributed by atoms with Gasteiger partial charge in [0.25, 0.3) is 5.91 Å². The molecule has 3 nitrogen and oxygen atoms in total. The number of aromatic nitrogens is 1. The number of hydrogen-bond acceptors (Lipinski definition) is 3. The molecule has 0 bridgehead atoms. The number of nitrogens with zero attached hydrogens (tertiary/aromatic N) is 1. The largest absolute Gasteiger partial charge is 0.345 e. The molecule has 1 amide bonds. The van der Waals surface area contributed by atoms with Crippen molar-refractivity contribution in [3.63, 3.8) is 0 Å². The highest BCUT2D eigenvalue weighted by Crippen LogP contribution is 2.16. The summed E-state index contributed by atoms with van der Waals surface area (Å²) >= 11 is 1.31. The van der Waals surface area contributed by atoms with Gasteiger partial charge in [0, 0.05) is 0 Å². The second-order valence-corrected chi connectivity index (χ2v) is 4.87. The Kier molecular flexibility index (Phi) is 3.72. The first-order valence-corrected chi connectivity index (χ1v) is 6.42. The van der Waals surface area contributed by atoms with Gasteiger partial charge in [-0.1, -0.05) is 12.1 Å². The second kappa shape index (κ2) is 5.27. The molecule has 1 N–H and O–H groups in total. The zero-order valence-corrected chi connectivity index (χ0v) is 10.9. The van der Waals surface area contributed by atoms with Crippen molar-refractivity contribution in [1.29, 1.82) is 0 Å². The third-order valence-electron chi connectivity index (χ3n) is 2.67. The summed E-state index contributed by atoms with van der Waals surface area (Å²) in [5, 5.41) is 2.87. The number of hydrogen-bond donors (Lipinski definition) is 1. The molecule has 1 aromatic carbocycles. The van der Waals surface area contributed by atoms with Crippen LogP contribution in [-0.4, -0.2) is 10.9 Å². The Hall–Kier alpha value is -1.75. The summed E-state index contributed by atoms with van der Waals surface area (Å²) in [5.74, 6) is -0.428. The molecule has 2 aromatic rings. The van der Waals surface area contributed by atoms with E-state index < -0.39 is 0 Å². The number of aryl methyl sites for hydroxylation is 1. The maximum absolute atomic E-state index is 12.8. The van der Waals surface area contributed by atoms with Crippen molar-refractivity contribution >= 4 is 17.2 Å². The van der Waals surface area contributed by atoms with Crippen molar-refractivity contribution in [3.8, 4) is 0 Å². The topological polar surface area (TPSA) is 42.0 Å². The first-order valence-electron chi connectivity index (χ1n) is 5.54. The first-order chi connectivity index (χ1) is 8.58. The summed E-state index contributed by atoms with van der Waals surface area (Å²) in [7, 11) is 0. The van der Waals surface area contributed by atoms with Gasteiger partial charge in [0.05, 0.1) is 17.2 Å². The normalized spacial score (nSPS) is 12.2. The molecule has 1 atom stereocenters. The molecule has 0 aliphatic heterocycles. The highest BCUT2D eigenvalue weighted by molar-refractivity contribution is 7.11. The lowest BCUT2D eigenvalue weighted by Crippen LogP contribution is -2.26. The maximum atomic E-state index is 12.8. The van der Waals surface area contributed by atoms with E-state index in [1.807, 2.05) is 6.92 Å². The molecule has 0 saturated carbocycles. The average molecular weight is 264 g/mol. The minimum Gasteiger partial charge on any atom is -0.345 e. The summed E-state index contributed by atoms with van der Waals surface area (Å²) in [5.41, 5.74) is 3.24. The van der Waals surface area contributed by atoms with Crippen LogP contribution in [0.15, 0.2) is 29.8 Å². The van der Waals surface area contributed by atoms with Crippen LogP contribution in [0.1, 0.15) is 33.9 Å². The van der Waals surface area contributed by atoms with E-state index >= 15 is 0 Å². The molecule has 0 radical (unpaired) electrons. The van der Waals surface area contributed by atoms with Gasteiger partial charge < -0.3 is 5.32 Å². The van der Waals surface area contributed by atoms with Crippen molar-refractivity contribution in [3.05, 3.63) is 51.7 Å². The summed E-state index contributed by atoms with van der Waals surface area (Å²) < 4.78 is 12.8. The predicted molar refractivity (Wildman–Crippen MR) is 69.1 cm³/mol. The Morgan fingerprint density at radius 1 is 1.39 bits per heavy atom. The van der Waals surface area contributed by atoms with Crippen molar-refractivity contribution in [2.75, 3.05) is 0 Å².